The van der Waals surface area contributed by atoms with Crippen molar-refractivity contribution in [1.82, 2.24) is 9.29 Å². The quantitative estimate of drug-likeness (QED) is 0.417. The predicted molar refractivity (Wildman–Crippen MR) is 148 cm³/mol. The number of carbonyl (C=O) groups excluding carboxylic acids is 1. The van der Waals surface area contributed by atoms with E-state index in [0.717, 1.165) is 6.42 Å². The molecule has 10 heteroatoms. The van der Waals surface area contributed by atoms with Gasteiger partial charge in [0.05, 0.1) is 36.6 Å². The molecule has 0 radical (unpaired) electrons. The molecule has 212 valence electrons. The second-order valence-corrected chi connectivity index (χ2v) is 14.2. The maximum Gasteiger partial charge on any atom is 0.222 e. The molecular weight excluding hydrogens is 521 g/mol. The number of Topliss-reactive ketones (excluding diaryl/α,β-unsaturated/α-hetero) is 1. The van der Waals surface area contributed by atoms with Gasteiger partial charge in [-0.25, -0.2) is 17.8 Å². The summed E-state index contributed by atoms with van der Waals surface area (Å²) in [4.78, 5) is 20.6. The van der Waals surface area contributed by atoms with Crippen LogP contribution >= 0.6 is 0 Å². The van der Waals surface area contributed by atoms with Crippen molar-refractivity contribution < 1.29 is 27.1 Å². The highest BCUT2D eigenvalue weighted by Gasteiger charge is 2.46. The largest absolute Gasteiger partial charge is 0.493 e. The standard InChI is InChI=1S/C29H38FN3O5S/c1-18(2)15-37-23-9-20(8-21(30)10-23)26-7-6-25(28(31-26)32-13-19(3)12-29(32,4)5)27(34)17-39(35,36)33-14-24-11-22(33)16-38-24/h6-10,18-19,22,24H,11-17H2,1-5H3/t19-,22-,24?/m0/s1. The van der Waals surface area contributed by atoms with Gasteiger partial charge in [-0.15, -0.1) is 0 Å². The van der Waals surface area contributed by atoms with Crippen LogP contribution in [0.5, 0.6) is 5.75 Å². The van der Waals surface area contributed by atoms with E-state index in [9.17, 15) is 17.6 Å². The minimum Gasteiger partial charge on any atom is -0.493 e. The number of sulfonamides is 1. The number of hydrogen-bond donors (Lipinski definition) is 0. The zero-order chi connectivity index (χ0) is 28.1. The van der Waals surface area contributed by atoms with Gasteiger partial charge in [0.25, 0.3) is 0 Å². The normalized spacial score (nSPS) is 24.6. The summed E-state index contributed by atoms with van der Waals surface area (Å²) in [6.07, 6.45) is 1.48. The van der Waals surface area contributed by atoms with Gasteiger partial charge in [0.2, 0.25) is 10.0 Å². The zero-order valence-corrected chi connectivity index (χ0v) is 24.1. The molecule has 5 rings (SSSR count). The van der Waals surface area contributed by atoms with Gasteiger partial charge in [0.1, 0.15) is 23.1 Å². The Bertz CT molecular complexity index is 1360. The van der Waals surface area contributed by atoms with Gasteiger partial charge in [0, 0.05) is 30.3 Å². The molecule has 1 aromatic carbocycles. The van der Waals surface area contributed by atoms with E-state index < -0.39 is 27.4 Å². The summed E-state index contributed by atoms with van der Waals surface area (Å²) in [5.74, 6) is -0.0767. The Morgan fingerprint density at radius 1 is 1.23 bits per heavy atom. The third-order valence-corrected chi connectivity index (χ3v) is 9.56. The van der Waals surface area contributed by atoms with Crippen LogP contribution in [-0.4, -0.2) is 73.2 Å². The summed E-state index contributed by atoms with van der Waals surface area (Å²) in [6, 6.07) is 7.56. The second kappa shape index (κ2) is 10.4. The van der Waals surface area contributed by atoms with Crippen LogP contribution in [0.15, 0.2) is 30.3 Å². The first-order valence-corrected chi connectivity index (χ1v) is 15.3. The number of nitrogens with zero attached hydrogens (tertiary/aromatic N) is 3. The van der Waals surface area contributed by atoms with Crippen LogP contribution in [0.2, 0.25) is 0 Å². The Balaban J connectivity index is 1.50. The van der Waals surface area contributed by atoms with Crippen molar-refractivity contribution in [1.29, 1.82) is 0 Å². The van der Waals surface area contributed by atoms with E-state index in [1.54, 1.807) is 18.2 Å². The average molecular weight is 560 g/mol. The van der Waals surface area contributed by atoms with Gasteiger partial charge in [0.15, 0.2) is 5.78 Å². The molecule has 0 aliphatic carbocycles. The Labute approximate surface area is 230 Å². The van der Waals surface area contributed by atoms with Crippen molar-refractivity contribution in [3.63, 3.8) is 0 Å². The lowest BCUT2D eigenvalue weighted by atomic mass is 9.97. The molecule has 0 saturated carbocycles. The number of benzene rings is 1. The van der Waals surface area contributed by atoms with Gasteiger partial charge < -0.3 is 14.4 Å². The summed E-state index contributed by atoms with van der Waals surface area (Å²) in [5.41, 5.74) is 0.984. The van der Waals surface area contributed by atoms with E-state index >= 15 is 0 Å². The van der Waals surface area contributed by atoms with Crippen LogP contribution < -0.4 is 9.64 Å². The van der Waals surface area contributed by atoms with Crippen LogP contribution in [0.4, 0.5) is 10.2 Å². The van der Waals surface area contributed by atoms with Gasteiger partial charge in [-0.05, 0) is 62.8 Å². The van der Waals surface area contributed by atoms with Crippen molar-refractivity contribution in [2.24, 2.45) is 11.8 Å². The van der Waals surface area contributed by atoms with Crippen LogP contribution in [0.3, 0.4) is 0 Å². The van der Waals surface area contributed by atoms with E-state index in [1.165, 1.54) is 16.4 Å². The smallest absolute Gasteiger partial charge is 0.222 e. The SMILES string of the molecule is CC(C)COc1cc(F)cc(-c2ccc(C(=O)CS(=O)(=O)N3CC4C[C@H]3CO4)c(N3C[C@@H](C)CC3(C)C)n2)c1. The van der Waals surface area contributed by atoms with Crippen molar-refractivity contribution in [2.75, 3.05) is 37.0 Å². The molecule has 0 spiro atoms. The molecule has 2 bridgehead atoms. The molecule has 8 nitrogen and oxygen atoms in total. The van der Waals surface area contributed by atoms with Gasteiger partial charge in [-0.3, -0.25) is 4.79 Å². The maximum absolute atomic E-state index is 14.6. The number of halogens is 1. The molecule has 1 unspecified atom stereocenters. The molecule has 3 saturated heterocycles. The molecule has 3 atom stereocenters. The minimum absolute atomic E-state index is 0.0936. The predicted octanol–water partition coefficient (Wildman–Crippen LogP) is 4.53. The fourth-order valence-corrected chi connectivity index (χ4v) is 7.73. The van der Waals surface area contributed by atoms with E-state index in [0.29, 0.717) is 61.5 Å². The third kappa shape index (κ3) is 5.83. The number of rotatable bonds is 9. The van der Waals surface area contributed by atoms with E-state index in [-0.39, 0.29) is 29.2 Å². The first-order valence-electron chi connectivity index (χ1n) is 13.7. The molecule has 3 aliphatic rings. The lowest BCUT2D eigenvalue weighted by Crippen LogP contribution is -2.44. The molecule has 4 heterocycles. The number of ketones is 1. The Kier molecular flexibility index (Phi) is 7.50. The van der Waals surface area contributed by atoms with Crippen LogP contribution in [0, 0.1) is 17.7 Å². The molecule has 1 aromatic heterocycles. The molecule has 39 heavy (non-hydrogen) atoms. The number of pyridine rings is 1. The Morgan fingerprint density at radius 3 is 2.62 bits per heavy atom. The van der Waals surface area contributed by atoms with Crippen LogP contribution in [0.25, 0.3) is 11.3 Å². The number of fused-ring (bicyclic) bond motifs is 2. The molecule has 0 amide bonds. The number of morpholine rings is 1. The first kappa shape index (κ1) is 28.0. The fourth-order valence-electron chi connectivity index (χ4n) is 6.08. The fraction of sp³-hybridized carbons (Fsp3) is 0.586. The second-order valence-electron chi connectivity index (χ2n) is 12.3. The highest BCUT2D eigenvalue weighted by atomic mass is 32.2. The number of ether oxygens (including phenoxy) is 2. The molecule has 2 aromatic rings. The van der Waals surface area contributed by atoms with Gasteiger partial charge >= 0.3 is 0 Å². The Hall–Kier alpha value is -2.56. The van der Waals surface area contributed by atoms with Crippen LogP contribution in [0.1, 0.15) is 57.8 Å². The molecule has 0 N–H and O–H groups in total. The van der Waals surface area contributed by atoms with Crippen LogP contribution in [-0.2, 0) is 14.8 Å². The summed E-state index contributed by atoms with van der Waals surface area (Å²) >= 11 is 0. The van der Waals surface area contributed by atoms with E-state index in [1.807, 2.05) is 13.8 Å². The number of hydrogen-bond acceptors (Lipinski definition) is 7. The zero-order valence-electron chi connectivity index (χ0n) is 23.3. The highest BCUT2D eigenvalue weighted by molar-refractivity contribution is 7.89. The van der Waals surface area contributed by atoms with E-state index in [4.69, 9.17) is 14.5 Å². The summed E-state index contributed by atoms with van der Waals surface area (Å²) < 4.78 is 53.8. The number of carbonyl (C=O) groups is 1. The van der Waals surface area contributed by atoms with E-state index in [2.05, 4.69) is 25.7 Å². The topological polar surface area (TPSA) is 89.0 Å². The van der Waals surface area contributed by atoms with Crippen molar-refractivity contribution in [2.45, 2.75) is 65.1 Å². The monoisotopic (exact) mass is 559 g/mol. The molecular formula is C29H38FN3O5S. The molecule has 3 aliphatic heterocycles. The first-order chi connectivity index (χ1) is 18.3. The summed E-state index contributed by atoms with van der Waals surface area (Å²) in [7, 11) is -3.81. The lowest BCUT2D eigenvalue weighted by Gasteiger charge is -2.34. The highest BCUT2D eigenvalue weighted by Crippen LogP contribution is 2.39. The number of aromatic nitrogens is 1. The van der Waals surface area contributed by atoms with Gasteiger partial charge in [-0.1, -0.05) is 20.8 Å². The maximum atomic E-state index is 14.6. The van der Waals surface area contributed by atoms with Crippen molar-refractivity contribution in [3.8, 4) is 17.0 Å². The lowest BCUT2D eigenvalue weighted by molar-refractivity contribution is 0.0607. The van der Waals surface area contributed by atoms with Crippen molar-refractivity contribution >= 4 is 21.6 Å². The third-order valence-electron chi connectivity index (χ3n) is 7.78. The number of anilines is 1. The summed E-state index contributed by atoms with van der Waals surface area (Å²) in [5, 5.41) is 0. The Morgan fingerprint density at radius 2 is 2.00 bits per heavy atom. The minimum atomic E-state index is -3.81. The van der Waals surface area contributed by atoms with Gasteiger partial charge in [-0.2, -0.15) is 4.31 Å². The van der Waals surface area contributed by atoms with Crippen molar-refractivity contribution in [3.05, 3.63) is 41.7 Å². The molecule has 3 fully saturated rings. The summed E-state index contributed by atoms with van der Waals surface area (Å²) in [6.45, 7) is 12.2. The average Bonchev–Trinajstić information content (AvgIpc) is 3.56.